The molecule has 0 bridgehead atoms. The fourth-order valence-corrected chi connectivity index (χ4v) is 1.60. The van der Waals surface area contributed by atoms with Crippen molar-refractivity contribution in [3.8, 4) is 5.75 Å². The first-order valence-electron chi connectivity index (χ1n) is 4.37. The second-order valence-electron chi connectivity index (χ2n) is 3.17. The molecule has 1 nitrogen and oxygen atoms in total. The molecule has 76 valence electrons. The van der Waals surface area contributed by atoms with Gasteiger partial charge in [-0.2, -0.15) is 0 Å². The van der Waals surface area contributed by atoms with Gasteiger partial charge in [-0.15, -0.1) is 0 Å². The van der Waals surface area contributed by atoms with Crippen LogP contribution >= 0.6 is 31.9 Å². The smallest absolute Gasteiger partial charge is 0.120 e. The van der Waals surface area contributed by atoms with Crippen LogP contribution in [0, 0.1) is 0 Å². The largest absolute Gasteiger partial charge is 0.491 e. The molecule has 0 saturated heterocycles. The van der Waals surface area contributed by atoms with Crippen molar-refractivity contribution in [2.24, 2.45) is 0 Å². The Kier molecular flexibility index (Phi) is 4.69. The predicted molar refractivity (Wildman–Crippen MR) is 68.0 cm³/mol. The molecule has 0 spiro atoms. The van der Waals surface area contributed by atoms with Crippen molar-refractivity contribution >= 4 is 37.9 Å². The van der Waals surface area contributed by atoms with E-state index in [0.29, 0.717) is 0 Å². The summed E-state index contributed by atoms with van der Waals surface area (Å²) in [5, 5.41) is 0. The Morgan fingerprint density at radius 3 is 2.64 bits per heavy atom. The summed E-state index contributed by atoms with van der Waals surface area (Å²) in [4.78, 5) is 0. The molecule has 0 fully saturated rings. The molecule has 0 unspecified atom stereocenters. The van der Waals surface area contributed by atoms with Crippen LogP contribution in [-0.4, -0.2) is 6.10 Å². The minimum atomic E-state index is 0.210. The number of hydrogen-bond donors (Lipinski definition) is 0. The maximum absolute atomic E-state index is 5.58. The minimum absolute atomic E-state index is 0.210. The van der Waals surface area contributed by atoms with E-state index < -0.39 is 0 Å². The van der Waals surface area contributed by atoms with Crippen LogP contribution in [0.3, 0.4) is 0 Å². The summed E-state index contributed by atoms with van der Waals surface area (Å²) < 4.78 is 6.50. The molecular formula is C11H12Br2O. The molecule has 0 aliphatic rings. The molecule has 0 radical (unpaired) electrons. The maximum Gasteiger partial charge on any atom is 0.120 e. The van der Waals surface area contributed by atoms with Crippen LogP contribution in [0.2, 0.25) is 0 Å². The van der Waals surface area contributed by atoms with E-state index in [4.69, 9.17) is 4.74 Å². The summed E-state index contributed by atoms with van der Waals surface area (Å²) in [6, 6.07) is 7.96. The second kappa shape index (κ2) is 5.56. The van der Waals surface area contributed by atoms with Crippen molar-refractivity contribution in [2.75, 3.05) is 0 Å². The van der Waals surface area contributed by atoms with Gasteiger partial charge in [-0.1, -0.05) is 12.1 Å². The maximum atomic E-state index is 5.58. The van der Waals surface area contributed by atoms with Crippen LogP contribution < -0.4 is 4.74 Å². The molecule has 1 aromatic carbocycles. The molecular weight excluding hydrogens is 308 g/mol. The van der Waals surface area contributed by atoms with Crippen LogP contribution in [-0.2, 0) is 0 Å². The molecule has 0 heterocycles. The predicted octanol–water partition coefficient (Wildman–Crippen LogP) is 4.56. The van der Waals surface area contributed by atoms with Gasteiger partial charge in [0, 0.05) is 0 Å². The summed E-state index contributed by atoms with van der Waals surface area (Å²) in [5.74, 6) is 0.898. The van der Waals surface area contributed by atoms with Gasteiger partial charge in [0.2, 0.25) is 0 Å². The molecule has 14 heavy (non-hydrogen) atoms. The highest BCUT2D eigenvalue weighted by molar-refractivity contribution is 9.28. The van der Waals surface area contributed by atoms with Crippen LogP contribution in [0.5, 0.6) is 5.75 Å². The third-order valence-corrected chi connectivity index (χ3v) is 1.96. The fourth-order valence-electron chi connectivity index (χ4n) is 1.08. The van der Waals surface area contributed by atoms with Crippen LogP contribution in [0.25, 0.3) is 6.08 Å². The molecule has 0 aliphatic carbocycles. The number of hydrogen-bond acceptors (Lipinski definition) is 1. The lowest BCUT2D eigenvalue weighted by Gasteiger charge is -2.09. The first-order valence-corrected chi connectivity index (χ1v) is 5.96. The molecule has 0 saturated carbocycles. The van der Waals surface area contributed by atoms with Gasteiger partial charge in [-0.05, 0) is 69.5 Å². The van der Waals surface area contributed by atoms with E-state index in [0.717, 1.165) is 14.7 Å². The van der Waals surface area contributed by atoms with E-state index in [2.05, 4.69) is 31.9 Å². The number of rotatable bonds is 3. The number of ether oxygens (including phenoxy) is 1. The molecule has 3 heteroatoms. The average Bonchev–Trinajstić information content (AvgIpc) is 2.01. The zero-order chi connectivity index (χ0) is 10.6. The van der Waals surface area contributed by atoms with Crippen LogP contribution in [0.1, 0.15) is 19.4 Å². The van der Waals surface area contributed by atoms with E-state index in [1.54, 1.807) is 0 Å². The second-order valence-corrected chi connectivity index (χ2v) is 5.95. The summed E-state index contributed by atoms with van der Waals surface area (Å²) >= 11 is 6.65. The summed E-state index contributed by atoms with van der Waals surface area (Å²) in [7, 11) is 0. The highest BCUT2D eigenvalue weighted by Crippen LogP contribution is 2.21. The zero-order valence-corrected chi connectivity index (χ0v) is 11.3. The molecule has 1 aromatic rings. The van der Waals surface area contributed by atoms with Gasteiger partial charge < -0.3 is 4.74 Å². The molecule has 0 atom stereocenters. The fraction of sp³-hybridized carbons (Fsp3) is 0.273. The highest BCUT2D eigenvalue weighted by Gasteiger charge is 1.97. The lowest BCUT2D eigenvalue weighted by molar-refractivity contribution is 0.242. The van der Waals surface area contributed by atoms with Crippen molar-refractivity contribution < 1.29 is 4.74 Å². The third-order valence-electron chi connectivity index (χ3n) is 1.51. The standard InChI is InChI=1S/C11H12Br2O/c1-8(2)14-10-5-3-4-9(6-10)7-11(12)13/h3-8H,1-2H3. The van der Waals surface area contributed by atoms with Crippen molar-refractivity contribution in [1.82, 2.24) is 0 Å². The van der Waals surface area contributed by atoms with Crippen molar-refractivity contribution in [3.63, 3.8) is 0 Å². The quantitative estimate of drug-likeness (QED) is 0.793. The van der Waals surface area contributed by atoms with Gasteiger partial charge in [0.05, 0.1) is 9.50 Å². The van der Waals surface area contributed by atoms with Crippen molar-refractivity contribution in [3.05, 3.63) is 33.2 Å². The van der Waals surface area contributed by atoms with Crippen molar-refractivity contribution in [2.45, 2.75) is 20.0 Å². The van der Waals surface area contributed by atoms with Gasteiger partial charge in [0.15, 0.2) is 0 Å². The van der Waals surface area contributed by atoms with E-state index >= 15 is 0 Å². The number of halogens is 2. The molecule has 0 amide bonds. The normalized spacial score (nSPS) is 10.1. The topological polar surface area (TPSA) is 9.23 Å². The molecule has 0 aliphatic heterocycles. The Hall–Kier alpha value is -0.280. The Labute approximate surface area is 101 Å². The Morgan fingerprint density at radius 2 is 2.07 bits per heavy atom. The van der Waals surface area contributed by atoms with Crippen LogP contribution in [0.4, 0.5) is 0 Å². The van der Waals surface area contributed by atoms with Gasteiger partial charge in [0.1, 0.15) is 5.75 Å². The van der Waals surface area contributed by atoms with E-state index in [-0.39, 0.29) is 6.10 Å². The summed E-state index contributed by atoms with van der Waals surface area (Å²) in [6.07, 6.45) is 2.19. The van der Waals surface area contributed by atoms with E-state index in [1.165, 1.54) is 0 Å². The summed E-state index contributed by atoms with van der Waals surface area (Å²) in [6.45, 7) is 4.03. The SMILES string of the molecule is CC(C)Oc1cccc(C=C(Br)Br)c1. The van der Waals surface area contributed by atoms with Gasteiger partial charge in [0.25, 0.3) is 0 Å². The Morgan fingerprint density at radius 1 is 1.36 bits per heavy atom. The number of benzene rings is 1. The minimum Gasteiger partial charge on any atom is -0.491 e. The molecule has 1 rings (SSSR count). The first kappa shape index (κ1) is 11.8. The summed E-state index contributed by atoms with van der Waals surface area (Å²) in [5.41, 5.74) is 1.10. The lowest BCUT2D eigenvalue weighted by Crippen LogP contribution is -2.05. The highest BCUT2D eigenvalue weighted by atomic mass is 79.9. The third kappa shape index (κ3) is 4.29. The van der Waals surface area contributed by atoms with Crippen molar-refractivity contribution in [1.29, 1.82) is 0 Å². The lowest BCUT2D eigenvalue weighted by atomic mass is 10.2. The van der Waals surface area contributed by atoms with Gasteiger partial charge in [-0.25, -0.2) is 0 Å². The molecule has 0 aromatic heterocycles. The molecule has 0 N–H and O–H groups in total. The zero-order valence-electron chi connectivity index (χ0n) is 8.13. The van der Waals surface area contributed by atoms with E-state index in [1.807, 2.05) is 44.2 Å². The Balaban J connectivity index is 2.84. The van der Waals surface area contributed by atoms with E-state index in [9.17, 15) is 0 Å². The Bertz CT molecular complexity index is 328. The monoisotopic (exact) mass is 318 g/mol. The van der Waals surface area contributed by atoms with Gasteiger partial charge in [-0.3, -0.25) is 0 Å². The average molecular weight is 320 g/mol. The van der Waals surface area contributed by atoms with Gasteiger partial charge >= 0.3 is 0 Å². The van der Waals surface area contributed by atoms with Crippen LogP contribution in [0.15, 0.2) is 27.7 Å². The first-order chi connectivity index (χ1) is 6.58.